The molecule has 1 saturated heterocycles. The van der Waals surface area contributed by atoms with Crippen LogP contribution < -0.4 is 5.73 Å². The summed E-state index contributed by atoms with van der Waals surface area (Å²) < 4.78 is 27.7. The van der Waals surface area contributed by atoms with E-state index in [4.69, 9.17) is 5.73 Å². The highest BCUT2D eigenvalue weighted by Crippen LogP contribution is 2.19. The van der Waals surface area contributed by atoms with E-state index >= 15 is 0 Å². The molecule has 0 unspecified atom stereocenters. The molecule has 0 bridgehead atoms. The standard InChI is InChI=1S/C20H19F2N5O/c21-14-5-3-6-15(22)18(14)20(28)27-10-8-26(9-11-27)12-17-24-16-7-2-1-4-13(16)19(23)25-17/h1-7H,8-12H2,(H2,23,24,25). The fourth-order valence-corrected chi connectivity index (χ4v) is 3.39. The number of anilines is 1. The number of nitrogen functional groups attached to an aromatic ring is 1. The second-order valence-electron chi connectivity index (χ2n) is 6.71. The summed E-state index contributed by atoms with van der Waals surface area (Å²) >= 11 is 0. The third kappa shape index (κ3) is 3.50. The van der Waals surface area contributed by atoms with E-state index < -0.39 is 23.1 Å². The highest BCUT2D eigenvalue weighted by Gasteiger charge is 2.26. The van der Waals surface area contributed by atoms with Gasteiger partial charge in [0.25, 0.3) is 5.91 Å². The minimum absolute atomic E-state index is 0.371. The molecular weight excluding hydrogens is 364 g/mol. The van der Waals surface area contributed by atoms with Crippen molar-refractivity contribution in [2.45, 2.75) is 6.54 Å². The molecular formula is C20H19F2N5O. The highest BCUT2D eigenvalue weighted by atomic mass is 19.1. The summed E-state index contributed by atoms with van der Waals surface area (Å²) in [4.78, 5) is 24.9. The van der Waals surface area contributed by atoms with Gasteiger partial charge in [-0.15, -0.1) is 0 Å². The monoisotopic (exact) mass is 383 g/mol. The van der Waals surface area contributed by atoms with Crippen molar-refractivity contribution in [3.8, 4) is 0 Å². The molecule has 4 rings (SSSR count). The summed E-state index contributed by atoms with van der Waals surface area (Å²) in [5.41, 5.74) is 6.31. The van der Waals surface area contributed by atoms with Crippen LogP contribution in [0.4, 0.5) is 14.6 Å². The van der Waals surface area contributed by atoms with Gasteiger partial charge in [0.1, 0.15) is 28.8 Å². The molecule has 1 aliphatic rings. The van der Waals surface area contributed by atoms with Crippen LogP contribution in [-0.2, 0) is 6.54 Å². The zero-order valence-electron chi connectivity index (χ0n) is 15.1. The maximum Gasteiger partial charge on any atom is 0.259 e. The summed E-state index contributed by atoms with van der Waals surface area (Å²) in [6, 6.07) is 11.0. The minimum Gasteiger partial charge on any atom is -0.383 e. The molecule has 0 saturated carbocycles. The number of halogens is 2. The van der Waals surface area contributed by atoms with Crippen LogP contribution in [0, 0.1) is 11.6 Å². The second kappa shape index (κ2) is 7.47. The first kappa shape index (κ1) is 18.2. The fraction of sp³-hybridized carbons (Fsp3) is 0.250. The Morgan fingerprint density at radius 3 is 2.36 bits per heavy atom. The van der Waals surface area contributed by atoms with Crippen molar-refractivity contribution in [1.82, 2.24) is 19.8 Å². The molecule has 28 heavy (non-hydrogen) atoms. The number of carbonyl (C=O) groups excluding carboxylic acids is 1. The van der Waals surface area contributed by atoms with Gasteiger partial charge in [-0.2, -0.15) is 0 Å². The van der Waals surface area contributed by atoms with Crippen LogP contribution in [0.1, 0.15) is 16.2 Å². The number of hydrogen-bond donors (Lipinski definition) is 1. The molecule has 2 heterocycles. The van der Waals surface area contributed by atoms with Crippen molar-refractivity contribution >= 4 is 22.6 Å². The number of nitrogens with zero attached hydrogens (tertiary/aromatic N) is 4. The Morgan fingerprint density at radius 2 is 1.64 bits per heavy atom. The van der Waals surface area contributed by atoms with Gasteiger partial charge in [-0.05, 0) is 24.3 Å². The number of benzene rings is 2. The van der Waals surface area contributed by atoms with Gasteiger partial charge < -0.3 is 10.6 Å². The molecule has 1 amide bonds. The van der Waals surface area contributed by atoms with E-state index in [9.17, 15) is 13.6 Å². The smallest absolute Gasteiger partial charge is 0.259 e. The molecule has 0 atom stereocenters. The number of carbonyl (C=O) groups is 1. The highest BCUT2D eigenvalue weighted by molar-refractivity contribution is 5.94. The largest absolute Gasteiger partial charge is 0.383 e. The van der Waals surface area contributed by atoms with Gasteiger partial charge in [-0.1, -0.05) is 18.2 Å². The van der Waals surface area contributed by atoms with E-state index in [1.807, 2.05) is 24.3 Å². The van der Waals surface area contributed by atoms with Gasteiger partial charge >= 0.3 is 0 Å². The number of fused-ring (bicyclic) bond motifs is 1. The van der Waals surface area contributed by atoms with Gasteiger partial charge in [0.05, 0.1) is 12.1 Å². The Kier molecular flexibility index (Phi) is 4.87. The lowest BCUT2D eigenvalue weighted by Crippen LogP contribution is -2.48. The summed E-state index contributed by atoms with van der Waals surface area (Å²) in [6.07, 6.45) is 0. The zero-order valence-corrected chi connectivity index (χ0v) is 15.1. The van der Waals surface area contributed by atoms with Gasteiger partial charge in [-0.3, -0.25) is 9.69 Å². The maximum absolute atomic E-state index is 13.9. The van der Waals surface area contributed by atoms with Crippen molar-refractivity contribution in [2.24, 2.45) is 0 Å². The predicted octanol–water partition coefficient (Wildman–Crippen LogP) is 2.45. The SMILES string of the molecule is Nc1nc(CN2CCN(C(=O)c3c(F)cccc3F)CC2)nc2ccccc12. The first-order valence-electron chi connectivity index (χ1n) is 8.99. The average molecular weight is 383 g/mol. The Hall–Kier alpha value is -3.13. The van der Waals surface area contributed by atoms with E-state index in [-0.39, 0.29) is 0 Å². The third-order valence-corrected chi connectivity index (χ3v) is 4.88. The molecule has 1 aromatic heterocycles. The van der Waals surface area contributed by atoms with Crippen molar-refractivity contribution < 1.29 is 13.6 Å². The first-order chi connectivity index (χ1) is 13.5. The van der Waals surface area contributed by atoms with Crippen molar-refractivity contribution in [3.63, 3.8) is 0 Å². The lowest BCUT2D eigenvalue weighted by Gasteiger charge is -2.34. The van der Waals surface area contributed by atoms with Gasteiger partial charge in [0.15, 0.2) is 0 Å². The van der Waals surface area contributed by atoms with E-state index in [1.54, 1.807) is 0 Å². The van der Waals surface area contributed by atoms with Crippen LogP contribution in [0.2, 0.25) is 0 Å². The van der Waals surface area contributed by atoms with Gasteiger partial charge in [-0.25, -0.2) is 18.7 Å². The van der Waals surface area contributed by atoms with Crippen LogP contribution >= 0.6 is 0 Å². The zero-order chi connectivity index (χ0) is 19.7. The normalized spacial score (nSPS) is 15.1. The quantitative estimate of drug-likeness (QED) is 0.752. The molecule has 2 N–H and O–H groups in total. The number of piperazine rings is 1. The molecule has 2 aromatic carbocycles. The van der Waals surface area contributed by atoms with Crippen molar-refractivity contribution in [3.05, 3.63) is 65.5 Å². The molecule has 6 nitrogen and oxygen atoms in total. The van der Waals surface area contributed by atoms with Crippen molar-refractivity contribution in [1.29, 1.82) is 0 Å². The van der Waals surface area contributed by atoms with E-state index in [0.29, 0.717) is 44.4 Å². The van der Waals surface area contributed by atoms with Crippen LogP contribution in [0.25, 0.3) is 10.9 Å². The van der Waals surface area contributed by atoms with Crippen LogP contribution in [0.15, 0.2) is 42.5 Å². The predicted molar refractivity (Wildman–Crippen MR) is 101 cm³/mol. The van der Waals surface area contributed by atoms with Gasteiger partial charge in [0, 0.05) is 31.6 Å². The molecule has 1 aliphatic heterocycles. The number of rotatable bonds is 3. The van der Waals surface area contributed by atoms with E-state index in [2.05, 4.69) is 14.9 Å². The number of amides is 1. The third-order valence-electron chi connectivity index (χ3n) is 4.88. The van der Waals surface area contributed by atoms with Crippen LogP contribution in [0.5, 0.6) is 0 Å². The molecule has 144 valence electrons. The van der Waals surface area contributed by atoms with E-state index in [0.717, 1.165) is 23.0 Å². The first-order valence-corrected chi connectivity index (χ1v) is 8.99. The van der Waals surface area contributed by atoms with Crippen LogP contribution in [-0.4, -0.2) is 51.9 Å². The Bertz CT molecular complexity index is 1010. The number of aromatic nitrogens is 2. The molecule has 0 spiro atoms. The Morgan fingerprint density at radius 1 is 0.964 bits per heavy atom. The van der Waals surface area contributed by atoms with Crippen molar-refractivity contribution in [2.75, 3.05) is 31.9 Å². The summed E-state index contributed by atoms with van der Waals surface area (Å²) in [7, 11) is 0. The molecule has 3 aromatic rings. The Labute approximate surface area is 160 Å². The summed E-state index contributed by atoms with van der Waals surface area (Å²) in [6.45, 7) is 2.34. The average Bonchev–Trinajstić information content (AvgIpc) is 2.68. The summed E-state index contributed by atoms with van der Waals surface area (Å²) in [5, 5.41) is 0.814. The lowest BCUT2D eigenvalue weighted by molar-refractivity contribution is 0.0616. The maximum atomic E-state index is 13.9. The minimum atomic E-state index is -0.840. The molecule has 0 aliphatic carbocycles. The fourth-order valence-electron chi connectivity index (χ4n) is 3.39. The number of hydrogen-bond acceptors (Lipinski definition) is 5. The molecule has 8 heteroatoms. The molecule has 0 radical (unpaired) electrons. The Balaban J connectivity index is 1.43. The van der Waals surface area contributed by atoms with E-state index in [1.165, 1.54) is 11.0 Å². The molecule has 1 fully saturated rings. The van der Waals surface area contributed by atoms with Crippen LogP contribution in [0.3, 0.4) is 0 Å². The topological polar surface area (TPSA) is 75.3 Å². The second-order valence-corrected chi connectivity index (χ2v) is 6.71. The summed E-state index contributed by atoms with van der Waals surface area (Å²) in [5.74, 6) is -1.26. The van der Waals surface area contributed by atoms with Gasteiger partial charge in [0.2, 0.25) is 0 Å². The lowest BCUT2D eigenvalue weighted by atomic mass is 10.1. The number of nitrogens with two attached hydrogens (primary N) is 1. The number of para-hydroxylation sites is 1.